The second-order valence-electron chi connectivity index (χ2n) is 4.31. The Morgan fingerprint density at radius 2 is 2.24 bits per heavy atom. The van der Waals surface area contributed by atoms with Gasteiger partial charge in [-0.2, -0.15) is 0 Å². The van der Waals surface area contributed by atoms with Gasteiger partial charge in [0.15, 0.2) is 0 Å². The third-order valence-corrected chi connectivity index (χ3v) is 4.61. The lowest BCUT2D eigenvalue weighted by Crippen LogP contribution is -2.10. The summed E-state index contributed by atoms with van der Waals surface area (Å²) in [4.78, 5) is 13.0. The largest absolute Gasteiger partial charge is 0.330 e. The third kappa shape index (κ3) is 5.80. The number of ketones is 1. The lowest BCUT2D eigenvalue weighted by atomic mass is 9.95. The van der Waals surface area contributed by atoms with Crippen LogP contribution in [0.25, 0.3) is 0 Å². The van der Waals surface area contributed by atoms with Crippen LogP contribution in [0.3, 0.4) is 0 Å². The molecule has 0 saturated heterocycles. The molecule has 1 heterocycles. The minimum atomic E-state index is 0.342. The molecule has 0 bridgehead atoms. The maximum absolute atomic E-state index is 11.8. The zero-order chi connectivity index (χ0) is 12.7. The van der Waals surface area contributed by atoms with Crippen LogP contribution in [0.1, 0.15) is 37.5 Å². The minimum absolute atomic E-state index is 0.342. The van der Waals surface area contributed by atoms with Crippen LogP contribution in [0.15, 0.2) is 15.9 Å². The Morgan fingerprint density at radius 3 is 2.76 bits per heavy atom. The number of Topliss-reactive ketones (excluding diaryl/α,β-unsaturated/α-hetero) is 1. The third-order valence-electron chi connectivity index (χ3n) is 2.98. The standard InChI is InChI=1S/C13H20BrNOS/c1-2-10(7-8-15)3-4-11(16)9-12-5-6-13(14)17-12/h5-6,10H,2-4,7-9,15H2,1H3. The number of rotatable bonds is 8. The van der Waals surface area contributed by atoms with Crippen molar-refractivity contribution in [3.8, 4) is 0 Å². The predicted octanol–water partition coefficient (Wildman–Crippen LogP) is 3.78. The number of hydrogen-bond acceptors (Lipinski definition) is 3. The first-order chi connectivity index (χ1) is 8.15. The fourth-order valence-electron chi connectivity index (χ4n) is 1.88. The molecule has 0 aromatic carbocycles. The van der Waals surface area contributed by atoms with Gasteiger partial charge in [-0.05, 0) is 53.4 Å². The van der Waals surface area contributed by atoms with Crippen molar-refractivity contribution in [1.29, 1.82) is 0 Å². The molecule has 0 aliphatic carbocycles. The van der Waals surface area contributed by atoms with E-state index < -0.39 is 0 Å². The lowest BCUT2D eigenvalue weighted by molar-refractivity contribution is -0.118. The summed E-state index contributed by atoms with van der Waals surface area (Å²) in [5, 5.41) is 0. The van der Waals surface area contributed by atoms with Crippen molar-refractivity contribution in [2.45, 2.75) is 39.0 Å². The van der Waals surface area contributed by atoms with Crippen molar-refractivity contribution in [1.82, 2.24) is 0 Å². The maximum atomic E-state index is 11.8. The van der Waals surface area contributed by atoms with E-state index in [0.717, 1.165) is 34.5 Å². The Morgan fingerprint density at radius 1 is 1.47 bits per heavy atom. The van der Waals surface area contributed by atoms with Gasteiger partial charge in [0.2, 0.25) is 0 Å². The van der Waals surface area contributed by atoms with Crippen LogP contribution in [-0.2, 0) is 11.2 Å². The topological polar surface area (TPSA) is 43.1 Å². The Kier molecular flexibility index (Phi) is 7.00. The molecule has 17 heavy (non-hydrogen) atoms. The molecule has 1 unspecified atom stereocenters. The van der Waals surface area contributed by atoms with E-state index in [1.807, 2.05) is 12.1 Å². The van der Waals surface area contributed by atoms with Gasteiger partial charge < -0.3 is 5.73 Å². The monoisotopic (exact) mass is 317 g/mol. The molecule has 1 aromatic rings. The van der Waals surface area contributed by atoms with Gasteiger partial charge in [0.25, 0.3) is 0 Å². The molecule has 2 N–H and O–H groups in total. The van der Waals surface area contributed by atoms with Crippen molar-refractivity contribution in [3.63, 3.8) is 0 Å². The quantitative estimate of drug-likeness (QED) is 0.793. The Balaban J connectivity index is 2.29. The highest BCUT2D eigenvalue weighted by Crippen LogP contribution is 2.23. The highest BCUT2D eigenvalue weighted by molar-refractivity contribution is 9.11. The van der Waals surface area contributed by atoms with Crippen molar-refractivity contribution in [3.05, 3.63) is 20.8 Å². The number of thiophene rings is 1. The van der Waals surface area contributed by atoms with E-state index >= 15 is 0 Å². The molecule has 1 aromatic heterocycles. The molecule has 0 fully saturated rings. The molecule has 0 aliphatic rings. The zero-order valence-electron chi connectivity index (χ0n) is 10.2. The van der Waals surface area contributed by atoms with Gasteiger partial charge in [-0.3, -0.25) is 4.79 Å². The van der Waals surface area contributed by atoms with Crippen LogP contribution < -0.4 is 5.73 Å². The average molecular weight is 318 g/mol. The molecule has 0 radical (unpaired) electrons. The SMILES string of the molecule is CCC(CCN)CCC(=O)Cc1ccc(Br)s1. The smallest absolute Gasteiger partial charge is 0.138 e. The van der Waals surface area contributed by atoms with E-state index in [-0.39, 0.29) is 0 Å². The predicted molar refractivity (Wildman–Crippen MR) is 77.4 cm³/mol. The van der Waals surface area contributed by atoms with Crippen molar-refractivity contribution >= 4 is 33.0 Å². The summed E-state index contributed by atoms with van der Waals surface area (Å²) in [5.41, 5.74) is 5.55. The van der Waals surface area contributed by atoms with Crippen LogP contribution >= 0.6 is 27.3 Å². The first kappa shape index (κ1) is 14.9. The molecule has 2 nitrogen and oxygen atoms in total. The minimum Gasteiger partial charge on any atom is -0.330 e. The summed E-state index contributed by atoms with van der Waals surface area (Å²) < 4.78 is 1.09. The first-order valence-electron chi connectivity index (χ1n) is 6.11. The molecule has 0 spiro atoms. The number of carbonyl (C=O) groups is 1. The molecular weight excluding hydrogens is 298 g/mol. The van der Waals surface area contributed by atoms with E-state index in [4.69, 9.17) is 5.73 Å². The molecule has 96 valence electrons. The summed E-state index contributed by atoms with van der Waals surface area (Å²) in [7, 11) is 0. The maximum Gasteiger partial charge on any atom is 0.138 e. The highest BCUT2D eigenvalue weighted by atomic mass is 79.9. The van der Waals surface area contributed by atoms with E-state index in [1.54, 1.807) is 11.3 Å². The average Bonchev–Trinajstić information content (AvgIpc) is 2.70. The highest BCUT2D eigenvalue weighted by Gasteiger charge is 2.10. The van der Waals surface area contributed by atoms with E-state index in [1.165, 1.54) is 0 Å². The van der Waals surface area contributed by atoms with Gasteiger partial charge >= 0.3 is 0 Å². The van der Waals surface area contributed by atoms with Crippen LogP contribution in [0, 0.1) is 5.92 Å². The molecule has 4 heteroatoms. The first-order valence-corrected chi connectivity index (χ1v) is 7.72. The molecule has 0 saturated carbocycles. The van der Waals surface area contributed by atoms with Crippen molar-refractivity contribution in [2.24, 2.45) is 11.7 Å². The van der Waals surface area contributed by atoms with E-state index in [2.05, 4.69) is 22.9 Å². The Labute approximate surface area is 116 Å². The van der Waals surface area contributed by atoms with Crippen LogP contribution in [0.2, 0.25) is 0 Å². The summed E-state index contributed by atoms with van der Waals surface area (Å²) in [5.74, 6) is 0.953. The normalized spacial score (nSPS) is 12.6. The number of hydrogen-bond donors (Lipinski definition) is 1. The van der Waals surface area contributed by atoms with Crippen LogP contribution in [-0.4, -0.2) is 12.3 Å². The summed E-state index contributed by atoms with van der Waals surface area (Å²) >= 11 is 5.05. The number of halogens is 1. The summed E-state index contributed by atoms with van der Waals surface area (Å²) in [6.45, 7) is 2.89. The van der Waals surface area contributed by atoms with Crippen molar-refractivity contribution in [2.75, 3.05) is 6.54 Å². The van der Waals surface area contributed by atoms with Crippen molar-refractivity contribution < 1.29 is 4.79 Å². The fraction of sp³-hybridized carbons (Fsp3) is 0.615. The van der Waals surface area contributed by atoms with Crippen LogP contribution in [0.4, 0.5) is 0 Å². The number of nitrogens with two attached hydrogens (primary N) is 1. The Bertz CT molecular complexity index is 351. The lowest BCUT2D eigenvalue weighted by Gasteiger charge is -2.12. The van der Waals surface area contributed by atoms with E-state index in [9.17, 15) is 4.79 Å². The molecule has 1 rings (SSSR count). The fourth-order valence-corrected chi connectivity index (χ4v) is 3.39. The van der Waals surface area contributed by atoms with Crippen LogP contribution in [0.5, 0.6) is 0 Å². The summed E-state index contributed by atoms with van der Waals surface area (Å²) in [6.07, 6.45) is 4.41. The molecular formula is C13H20BrNOS. The molecule has 1 atom stereocenters. The molecule has 0 amide bonds. The van der Waals surface area contributed by atoms with Gasteiger partial charge in [-0.15, -0.1) is 11.3 Å². The second kappa shape index (κ2) is 8.01. The Hall–Kier alpha value is -0.190. The van der Waals surface area contributed by atoms with Gasteiger partial charge in [-0.1, -0.05) is 13.3 Å². The van der Waals surface area contributed by atoms with Gasteiger partial charge in [0.1, 0.15) is 5.78 Å². The summed E-state index contributed by atoms with van der Waals surface area (Å²) in [6, 6.07) is 4.01. The second-order valence-corrected chi connectivity index (χ2v) is 6.86. The molecule has 0 aliphatic heterocycles. The number of carbonyl (C=O) groups excluding carboxylic acids is 1. The van der Waals surface area contributed by atoms with Gasteiger partial charge in [0.05, 0.1) is 3.79 Å². The van der Waals surface area contributed by atoms with Gasteiger partial charge in [-0.25, -0.2) is 0 Å². The van der Waals surface area contributed by atoms with E-state index in [0.29, 0.717) is 24.5 Å². The zero-order valence-corrected chi connectivity index (χ0v) is 12.6. The van der Waals surface area contributed by atoms with Gasteiger partial charge in [0, 0.05) is 17.7 Å².